The molecule has 1 aliphatic heterocycles. The van der Waals surface area contributed by atoms with Gasteiger partial charge in [0, 0.05) is 17.5 Å². The molecule has 0 aliphatic carbocycles. The van der Waals surface area contributed by atoms with Crippen molar-refractivity contribution >= 4 is 28.6 Å². The normalized spacial score (nSPS) is 15.3. The fourth-order valence-corrected chi connectivity index (χ4v) is 4.19. The van der Waals surface area contributed by atoms with E-state index in [9.17, 15) is 4.79 Å². The smallest absolute Gasteiger partial charge is 0.228 e. The maximum Gasteiger partial charge on any atom is 0.228 e. The van der Waals surface area contributed by atoms with Gasteiger partial charge in [-0.05, 0) is 85.2 Å². The number of fused-ring (bicyclic) bond motifs is 1. The molecule has 2 aromatic carbocycles. The summed E-state index contributed by atoms with van der Waals surface area (Å²) < 4.78 is 0. The quantitative estimate of drug-likeness (QED) is 0.614. The van der Waals surface area contributed by atoms with Crippen molar-refractivity contribution < 1.29 is 4.79 Å². The molecular formula is C26H29N3O. The van der Waals surface area contributed by atoms with E-state index in [-0.39, 0.29) is 11.8 Å². The first-order valence-electron chi connectivity index (χ1n) is 10.7. The van der Waals surface area contributed by atoms with E-state index in [1.165, 1.54) is 11.1 Å². The summed E-state index contributed by atoms with van der Waals surface area (Å²) in [4.78, 5) is 19.6. The number of amides is 1. The summed E-state index contributed by atoms with van der Waals surface area (Å²) >= 11 is 0. The fourth-order valence-electron chi connectivity index (χ4n) is 4.19. The third kappa shape index (κ3) is 4.29. The van der Waals surface area contributed by atoms with Gasteiger partial charge in [0.1, 0.15) is 5.82 Å². The number of carbonyl (C=O) groups excluding carboxylic acids is 1. The van der Waals surface area contributed by atoms with Crippen LogP contribution < -0.4 is 5.32 Å². The van der Waals surface area contributed by atoms with Crippen LogP contribution in [0, 0.1) is 12.8 Å². The highest BCUT2D eigenvalue weighted by atomic mass is 16.1. The lowest BCUT2D eigenvalue weighted by Crippen LogP contribution is -2.38. The number of benzene rings is 2. The van der Waals surface area contributed by atoms with Crippen molar-refractivity contribution in [1.29, 1.82) is 0 Å². The second-order valence-corrected chi connectivity index (χ2v) is 8.11. The highest BCUT2D eigenvalue weighted by Gasteiger charge is 2.24. The molecule has 30 heavy (non-hydrogen) atoms. The average Bonchev–Trinajstić information content (AvgIpc) is 2.79. The third-order valence-electron chi connectivity index (χ3n) is 6.19. The highest BCUT2D eigenvalue weighted by Crippen LogP contribution is 2.29. The Hall–Kier alpha value is -2.98. The Kier molecular flexibility index (Phi) is 5.96. The Bertz CT molecular complexity index is 1080. The molecule has 0 bridgehead atoms. The lowest BCUT2D eigenvalue weighted by atomic mass is 9.95. The van der Waals surface area contributed by atoms with Gasteiger partial charge in [-0.1, -0.05) is 43.8 Å². The maximum absolute atomic E-state index is 12.7. The summed E-state index contributed by atoms with van der Waals surface area (Å²) in [6, 6.07) is 14.7. The van der Waals surface area contributed by atoms with Gasteiger partial charge < -0.3 is 10.2 Å². The monoisotopic (exact) mass is 399 g/mol. The standard InChI is InChI=1S/C26H29N3O/c1-4-19-7-6-18(3)24(14-19)22-9-8-21-16-25(27-17-23(21)15-22)28-26(30)20-10-12-29(5-2)13-11-20/h4,6-9,14-17,20H,1,5,10-13H2,2-3H3,(H,27,28,30). The van der Waals surface area contributed by atoms with Crippen molar-refractivity contribution in [3.8, 4) is 11.1 Å². The SMILES string of the molecule is C=Cc1ccc(C)c(-c2ccc3cc(NC(=O)C4CCN(CC)CC4)ncc3c2)c1. The van der Waals surface area contributed by atoms with Gasteiger partial charge in [0.15, 0.2) is 0 Å². The van der Waals surface area contributed by atoms with Crippen LogP contribution in [0.2, 0.25) is 0 Å². The molecule has 4 nitrogen and oxygen atoms in total. The molecule has 0 saturated carbocycles. The molecule has 4 heteroatoms. The number of hydrogen-bond acceptors (Lipinski definition) is 3. The lowest BCUT2D eigenvalue weighted by Gasteiger charge is -2.30. The first-order chi connectivity index (χ1) is 14.6. The largest absolute Gasteiger partial charge is 0.310 e. The number of hydrogen-bond donors (Lipinski definition) is 1. The fraction of sp³-hybridized carbons (Fsp3) is 0.308. The topological polar surface area (TPSA) is 45.2 Å². The summed E-state index contributed by atoms with van der Waals surface area (Å²) in [5, 5.41) is 5.16. The zero-order valence-electron chi connectivity index (χ0n) is 17.8. The third-order valence-corrected chi connectivity index (χ3v) is 6.19. The molecule has 1 amide bonds. The van der Waals surface area contributed by atoms with E-state index in [0.29, 0.717) is 5.82 Å². The average molecular weight is 400 g/mol. The van der Waals surface area contributed by atoms with Crippen molar-refractivity contribution in [2.24, 2.45) is 5.92 Å². The van der Waals surface area contributed by atoms with Gasteiger partial charge in [0.05, 0.1) is 0 Å². The van der Waals surface area contributed by atoms with Crippen LogP contribution in [0.25, 0.3) is 28.0 Å². The van der Waals surface area contributed by atoms with Gasteiger partial charge in [-0.25, -0.2) is 4.98 Å². The second-order valence-electron chi connectivity index (χ2n) is 8.11. The van der Waals surface area contributed by atoms with Gasteiger partial charge in [-0.2, -0.15) is 0 Å². The molecule has 1 fully saturated rings. The van der Waals surface area contributed by atoms with E-state index in [0.717, 1.165) is 54.4 Å². The summed E-state index contributed by atoms with van der Waals surface area (Å²) in [6.07, 6.45) is 5.55. The van der Waals surface area contributed by atoms with Crippen LogP contribution >= 0.6 is 0 Å². The number of pyridine rings is 1. The highest BCUT2D eigenvalue weighted by molar-refractivity contribution is 5.95. The van der Waals surface area contributed by atoms with E-state index >= 15 is 0 Å². The number of piperidine rings is 1. The predicted octanol–water partition coefficient (Wildman–Crippen LogP) is 5.52. The van der Waals surface area contributed by atoms with Crippen molar-refractivity contribution in [2.75, 3.05) is 25.0 Å². The maximum atomic E-state index is 12.7. The molecule has 3 aromatic rings. The van der Waals surface area contributed by atoms with E-state index in [1.54, 1.807) is 0 Å². The number of nitrogens with zero attached hydrogens (tertiary/aromatic N) is 2. The molecule has 154 valence electrons. The Morgan fingerprint density at radius 3 is 2.70 bits per heavy atom. The van der Waals surface area contributed by atoms with Gasteiger partial charge in [-0.3, -0.25) is 4.79 Å². The molecule has 1 saturated heterocycles. The molecule has 2 heterocycles. The minimum Gasteiger partial charge on any atom is -0.310 e. The molecule has 1 aliphatic rings. The summed E-state index contributed by atoms with van der Waals surface area (Å²) in [7, 11) is 0. The van der Waals surface area contributed by atoms with Crippen LogP contribution in [0.5, 0.6) is 0 Å². The van der Waals surface area contributed by atoms with Gasteiger partial charge in [-0.15, -0.1) is 0 Å². The number of aryl methyl sites for hydroxylation is 1. The van der Waals surface area contributed by atoms with E-state index in [4.69, 9.17) is 0 Å². The number of nitrogens with one attached hydrogen (secondary N) is 1. The molecule has 0 atom stereocenters. The van der Waals surface area contributed by atoms with Crippen molar-refractivity contribution in [3.63, 3.8) is 0 Å². The van der Waals surface area contributed by atoms with Gasteiger partial charge >= 0.3 is 0 Å². The first kappa shape index (κ1) is 20.3. The van der Waals surface area contributed by atoms with Crippen LogP contribution in [0.15, 0.2) is 55.2 Å². The minimum atomic E-state index is 0.0767. The lowest BCUT2D eigenvalue weighted by molar-refractivity contribution is -0.121. The molecule has 0 unspecified atom stereocenters. The summed E-state index contributed by atoms with van der Waals surface area (Å²) in [6.45, 7) is 11.2. The van der Waals surface area contributed by atoms with Crippen LogP contribution in [-0.2, 0) is 4.79 Å². The number of anilines is 1. The Labute approximate surface area is 178 Å². The molecular weight excluding hydrogens is 370 g/mol. The predicted molar refractivity (Wildman–Crippen MR) is 125 cm³/mol. The zero-order chi connectivity index (χ0) is 21.1. The molecule has 0 radical (unpaired) electrons. The molecule has 0 spiro atoms. The van der Waals surface area contributed by atoms with E-state index < -0.39 is 0 Å². The van der Waals surface area contributed by atoms with Crippen molar-refractivity contribution in [2.45, 2.75) is 26.7 Å². The van der Waals surface area contributed by atoms with Gasteiger partial charge in [0.2, 0.25) is 5.91 Å². The Morgan fingerprint density at radius 2 is 1.97 bits per heavy atom. The first-order valence-corrected chi connectivity index (χ1v) is 10.7. The number of carbonyl (C=O) groups is 1. The second kappa shape index (κ2) is 8.80. The molecule has 4 rings (SSSR count). The minimum absolute atomic E-state index is 0.0767. The summed E-state index contributed by atoms with van der Waals surface area (Å²) in [5.74, 6) is 0.793. The number of aromatic nitrogens is 1. The molecule has 1 aromatic heterocycles. The Morgan fingerprint density at radius 1 is 1.17 bits per heavy atom. The summed E-state index contributed by atoms with van der Waals surface area (Å²) in [5.41, 5.74) is 4.69. The van der Waals surface area contributed by atoms with Gasteiger partial charge in [0.25, 0.3) is 0 Å². The van der Waals surface area contributed by atoms with Crippen molar-refractivity contribution in [3.05, 3.63) is 66.4 Å². The molecule has 1 N–H and O–H groups in total. The number of rotatable bonds is 5. The van der Waals surface area contributed by atoms with Crippen LogP contribution in [0.3, 0.4) is 0 Å². The van der Waals surface area contributed by atoms with E-state index in [1.807, 2.05) is 18.3 Å². The van der Waals surface area contributed by atoms with Crippen LogP contribution in [-0.4, -0.2) is 35.4 Å². The Balaban J connectivity index is 1.52. The van der Waals surface area contributed by atoms with Crippen LogP contribution in [0.1, 0.15) is 30.9 Å². The van der Waals surface area contributed by atoms with E-state index in [2.05, 4.69) is 72.0 Å². The zero-order valence-corrected chi connectivity index (χ0v) is 17.8. The van der Waals surface area contributed by atoms with Crippen LogP contribution in [0.4, 0.5) is 5.82 Å². The number of likely N-dealkylation sites (tertiary alicyclic amines) is 1. The van der Waals surface area contributed by atoms with Crippen molar-refractivity contribution in [1.82, 2.24) is 9.88 Å².